The number of carbonyl (C=O) groups excluding carboxylic acids is 1. The topological polar surface area (TPSA) is 64.8 Å². The van der Waals surface area contributed by atoms with Crippen molar-refractivity contribution in [2.24, 2.45) is 5.73 Å². The van der Waals surface area contributed by atoms with Gasteiger partial charge < -0.3 is 20.1 Å². The first kappa shape index (κ1) is 11.7. The number of para-hydroxylation sites is 2. The summed E-state index contributed by atoms with van der Waals surface area (Å²) < 4.78 is 11.3. The van der Waals surface area contributed by atoms with Crippen molar-refractivity contribution in [3.05, 3.63) is 24.3 Å². The van der Waals surface area contributed by atoms with Crippen LogP contribution in [0.5, 0.6) is 11.5 Å². The van der Waals surface area contributed by atoms with E-state index in [4.69, 9.17) is 15.2 Å². The molecule has 0 radical (unpaired) electrons. The predicted octanol–water partition coefficient (Wildman–Crippen LogP) is 0.244. The zero-order valence-corrected chi connectivity index (χ0v) is 9.76. The van der Waals surface area contributed by atoms with Crippen LogP contribution in [0.4, 0.5) is 0 Å². The largest absolute Gasteiger partial charge is 0.486 e. The summed E-state index contributed by atoms with van der Waals surface area (Å²) in [5.41, 5.74) is 5.29. The summed E-state index contributed by atoms with van der Waals surface area (Å²) >= 11 is 0. The molecular formula is C12H16N2O3. The van der Waals surface area contributed by atoms with Crippen LogP contribution >= 0.6 is 0 Å². The number of hydrogen-bond acceptors (Lipinski definition) is 4. The van der Waals surface area contributed by atoms with Crippen molar-refractivity contribution >= 4 is 5.91 Å². The van der Waals surface area contributed by atoms with Crippen LogP contribution in [-0.4, -0.2) is 43.7 Å². The Morgan fingerprint density at radius 3 is 2.88 bits per heavy atom. The third-order valence-electron chi connectivity index (χ3n) is 2.65. The van der Waals surface area contributed by atoms with E-state index in [0.29, 0.717) is 13.2 Å². The van der Waals surface area contributed by atoms with Gasteiger partial charge in [-0.25, -0.2) is 0 Å². The Kier molecular flexibility index (Phi) is 3.49. The Morgan fingerprint density at radius 2 is 2.18 bits per heavy atom. The number of amides is 1. The van der Waals surface area contributed by atoms with E-state index in [1.54, 1.807) is 11.9 Å². The first-order chi connectivity index (χ1) is 8.20. The maximum absolute atomic E-state index is 11.3. The molecule has 1 aliphatic heterocycles. The van der Waals surface area contributed by atoms with E-state index in [1.165, 1.54) is 0 Å². The Morgan fingerprint density at radius 1 is 1.47 bits per heavy atom. The van der Waals surface area contributed by atoms with Gasteiger partial charge in [0, 0.05) is 7.05 Å². The van der Waals surface area contributed by atoms with Gasteiger partial charge in [-0.2, -0.15) is 0 Å². The number of fused-ring (bicyclic) bond motifs is 1. The molecule has 0 unspecified atom stereocenters. The van der Waals surface area contributed by atoms with Crippen molar-refractivity contribution < 1.29 is 14.3 Å². The predicted molar refractivity (Wildman–Crippen MR) is 63.0 cm³/mol. The standard InChI is InChI=1S/C12H16N2O3/c1-14(12(15)6-13)7-9-8-16-10-4-2-3-5-11(10)17-9/h2-5,9H,6-8,13H2,1H3/t9-/m0/s1. The van der Waals surface area contributed by atoms with Crippen molar-refractivity contribution in [2.45, 2.75) is 6.10 Å². The van der Waals surface area contributed by atoms with Gasteiger partial charge in [0.15, 0.2) is 17.6 Å². The number of benzene rings is 1. The minimum absolute atomic E-state index is 0.0145. The second-order valence-corrected chi connectivity index (χ2v) is 3.98. The van der Waals surface area contributed by atoms with Crippen LogP contribution in [0, 0.1) is 0 Å². The highest BCUT2D eigenvalue weighted by molar-refractivity contribution is 5.77. The molecule has 0 saturated carbocycles. The van der Waals surface area contributed by atoms with E-state index in [-0.39, 0.29) is 18.6 Å². The lowest BCUT2D eigenvalue weighted by Crippen LogP contribution is -2.43. The van der Waals surface area contributed by atoms with E-state index in [1.807, 2.05) is 24.3 Å². The van der Waals surface area contributed by atoms with Crippen LogP contribution in [0.25, 0.3) is 0 Å². The highest BCUT2D eigenvalue weighted by Gasteiger charge is 2.23. The summed E-state index contributed by atoms with van der Waals surface area (Å²) in [7, 11) is 1.71. The third-order valence-corrected chi connectivity index (χ3v) is 2.65. The van der Waals surface area contributed by atoms with Gasteiger partial charge in [-0.05, 0) is 12.1 Å². The van der Waals surface area contributed by atoms with Gasteiger partial charge in [0.2, 0.25) is 5.91 Å². The fourth-order valence-electron chi connectivity index (χ4n) is 1.72. The van der Waals surface area contributed by atoms with Crippen LogP contribution in [0.15, 0.2) is 24.3 Å². The number of nitrogens with zero attached hydrogens (tertiary/aromatic N) is 1. The molecule has 1 aromatic rings. The quantitative estimate of drug-likeness (QED) is 0.816. The van der Waals surface area contributed by atoms with Gasteiger partial charge in [0.05, 0.1) is 13.1 Å². The molecule has 0 saturated heterocycles. The van der Waals surface area contributed by atoms with Crippen LogP contribution in [0.1, 0.15) is 0 Å². The monoisotopic (exact) mass is 236 g/mol. The molecule has 0 spiro atoms. The van der Waals surface area contributed by atoms with Crippen LogP contribution in [0.2, 0.25) is 0 Å². The van der Waals surface area contributed by atoms with Gasteiger partial charge in [-0.15, -0.1) is 0 Å². The summed E-state index contributed by atoms with van der Waals surface area (Å²) in [5, 5.41) is 0. The lowest BCUT2D eigenvalue weighted by Gasteiger charge is -2.29. The Balaban J connectivity index is 1.96. The van der Waals surface area contributed by atoms with Crippen LogP contribution < -0.4 is 15.2 Å². The molecule has 92 valence electrons. The molecule has 5 heteroatoms. The molecule has 1 atom stereocenters. The first-order valence-corrected chi connectivity index (χ1v) is 5.53. The molecule has 0 aromatic heterocycles. The number of nitrogens with two attached hydrogens (primary N) is 1. The van der Waals surface area contributed by atoms with Gasteiger partial charge in [0.1, 0.15) is 6.61 Å². The lowest BCUT2D eigenvalue weighted by molar-refractivity contribution is -0.129. The normalized spacial score (nSPS) is 17.6. The van der Waals surface area contributed by atoms with Crippen molar-refractivity contribution in [2.75, 3.05) is 26.7 Å². The average molecular weight is 236 g/mol. The average Bonchev–Trinajstić information content (AvgIpc) is 2.37. The van der Waals surface area contributed by atoms with Gasteiger partial charge in [-0.1, -0.05) is 12.1 Å². The van der Waals surface area contributed by atoms with Crippen molar-refractivity contribution in [1.82, 2.24) is 4.90 Å². The molecule has 0 aliphatic carbocycles. The Labute approximate surface area is 100 Å². The molecule has 0 fully saturated rings. The van der Waals surface area contributed by atoms with E-state index >= 15 is 0 Å². The molecular weight excluding hydrogens is 220 g/mol. The molecule has 1 heterocycles. The molecule has 5 nitrogen and oxygen atoms in total. The van der Waals surface area contributed by atoms with Crippen molar-refractivity contribution in [3.8, 4) is 11.5 Å². The summed E-state index contributed by atoms with van der Waals surface area (Å²) in [6.07, 6.45) is -0.148. The van der Waals surface area contributed by atoms with Crippen LogP contribution in [0.3, 0.4) is 0 Å². The second-order valence-electron chi connectivity index (χ2n) is 3.98. The van der Waals surface area contributed by atoms with Crippen molar-refractivity contribution in [3.63, 3.8) is 0 Å². The number of hydrogen-bond donors (Lipinski definition) is 1. The van der Waals surface area contributed by atoms with Gasteiger partial charge >= 0.3 is 0 Å². The first-order valence-electron chi connectivity index (χ1n) is 5.53. The maximum atomic E-state index is 11.3. The molecule has 1 aliphatic rings. The van der Waals surface area contributed by atoms with Gasteiger partial charge in [0.25, 0.3) is 0 Å². The number of carbonyl (C=O) groups is 1. The minimum atomic E-state index is -0.148. The maximum Gasteiger partial charge on any atom is 0.236 e. The molecule has 0 bridgehead atoms. The minimum Gasteiger partial charge on any atom is -0.486 e. The highest BCUT2D eigenvalue weighted by atomic mass is 16.6. The van der Waals surface area contributed by atoms with E-state index in [2.05, 4.69) is 0 Å². The number of rotatable bonds is 3. The second kappa shape index (κ2) is 5.05. The molecule has 17 heavy (non-hydrogen) atoms. The summed E-state index contributed by atoms with van der Waals surface area (Å²) in [6, 6.07) is 7.50. The molecule has 1 aromatic carbocycles. The fraction of sp³-hybridized carbons (Fsp3) is 0.417. The van der Waals surface area contributed by atoms with Crippen LogP contribution in [-0.2, 0) is 4.79 Å². The Bertz CT molecular complexity index is 408. The summed E-state index contributed by atoms with van der Waals surface area (Å²) in [4.78, 5) is 12.9. The lowest BCUT2D eigenvalue weighted by atomic mass is 10.2. The number of ether oxygens (including phenoxy) is 2. The SMILES string of the molecule is CN(C[C@H]1COc2ccccc2O1)C(=O)CN. The highest BCUT2D eigenvalue weighted by Crippen LogP contribution is 2.30. The third kappa shape index (κ3) is 2.68. The smallest absolute Gasteiger partial charge is 0.236 e. The zero-order valence-electron chi connectivity index (χ0n) is 9.76. The fourth-order valence-corrected chi connectivity index (χ4v) is 1.72. The van der Waals surface area contributed by atoms with E-state index in [9.17, 15) is 4.79 Å². The summed E-state index contributed by atoms with van der Waals surface area (Å²) in [6.45, 7) is 0.935. The molecule has 2 rings (SSSR count). The Hall–Kier alpha value is -1.75. The number of likely N-dealkylation sites (N-methyl/N-ethyl adjacent to an activating group) is 1. The van der Waals surface area contributed by atoms with E-state index in [0.717, 1.165) is 11.5 Å². The van der Waals surface area contributed by atoms with E-state index < -0.39 is 0 Å². The molecule has 2 N–H and O–H groups in total. The molecule has 1 amide bonds. The van der Waals surface area contributed by atoms with Crippen molar-refractivity contribution in [1.29, 1.82) is 0 Å². The van der Waals surface area contributed by atoms with Gasteiger partial charge in [-0.3, -0.25) is 4.79 Å². The zero-order chi connectivity index (χ0) is 12.3. The summed E-state index contributed by atoms with van der Waals surface area (Å²) in [5.74, 6) is 1.36.